The summed E-state index contributed by atoms with van der Waals surface area (Å²) in [6.07, 6.45) is 0. The molecule has 6 nitrogen and oxygen atoms in total. The van der Waals surface area contributed by atoms with Gasteiger partial charge in [-0.15, -0.1) is 0 Å². The van der Waals surface area contributed by atoms with Crippen molar-refractivity contribution in [2.45, 2.75) is 33.1 Å². The van der Waals surface area contributed by atoms with Crippen LogP contribution in [0.15, 0.2) is 47.6 Å². The number of ether oxygens (including phenoxy) is 1. The Balaban J connectivity index is 1.83. The van der Waals surface area contributed by atoms with Crippen LogP contribution in [0.5, 0.6) is 11.5 Å². The summed E-state index contributed by atoms with van der Waals surface area (Å²) in [7, 11) is 0. The van der Waals surface area contributed by atoms with E-state index in [1.54, 1.807) is 0 Å². The number of nitrogens with zero attached hydrogens (tertiary/aromatic N) is 1. The van der Waals surface area contributed by atoms with Crippen LogP contribution in [0.25, 0.3) is 0 Å². The van der Waals surface area contributed by atoms with Gasteiger partial charge in [0.25, 0.3) is 0 Å². The number of aromatic carboxylic acids is 1. The summed E-state index contributed by atoms with van der Waals surface area (Å²) in [5, 5.41) is 22.6. The molecule has 0 heterocycles. The van der Waals surface area contributed by atoms with Crippen molar-refractivity contribution in [3.05, 3.63) is 59.2 Å². The maximum absolute atomic E-state index is 10.8. The minimum atomic E-state index is -1.19. The maximum atomic E-state index is 10.8. The number of carboxylic acid groups (broad SMARTS) is 1. The Morgan fingerprint density at radius 2 is 1.74 bits per heavy atom. The quantitative estimate of drug-likeness (QED) is 0.432. The van der Waals surface area contributed by atoms with Gasteiger partial charge in [0, 0.05) is 6.07 Å². The summed E-state index contributed by atoms with van der Waals surface area (Å²) in [6, 6.07) is 12.2. The SMILES string of the molecule is C/C(=N\OCCOc1ccc(C(=O)O)c(O)c1)c1ccc(C(C)(C)C)cc1. The van der Waals surface area contributed by atoms with Crippen LogP contribution >= 0.6 is 0 Å². The van der Waals surface area contributed by atoms with E-state index in [1.165, 1.54) is 23.8 Å². The zero-order valence-electron chi connectivity index (χ0n) is 16.0. The first-order chi connectivity index (χ1) is 12.7. The van der Waals surface area contributed by atoms with Gasteiger partial charge >= 0.3 is 5.97 Å². The van der Waals surface area contributed by atoms with Crippen LogP contribution in [0.2, 0.25) is 0 Å². The first kappa shape index (κ1) is 20.3. The normalized spacial score (nSPS) is 11.9. The van der Waals surface area contributed by atoms with Crippen molar-refractivity contribution < 1.29 is 24.6 Å². The lowest BCUT2D eigenvalue weighted by atomic mass is 9.86. The van der Waals surface area contributed by atoms with E-state index < -0.39 is 5.97 Å². The van der Waals surface area contributed by atoms with Crippen LogP contribution in [0, 0.1) is 0 Å². The maximum Gasteiger partial charge on any atom is 0.339 e. The molecule has 0 fully saturated rings. The monoisotopic (exact) mass is 371 g/mol. The molecule has 0 radical (unpaired) electrons. The van der Waals surface area contributed by atoms with Crippen LogP contribution < -0.4 is 4.74 Å². The lowest BCUT2D eigenvalue weighted by Gasteiger charge is -2.19. The Kier molecular flexibility index (Phi) is 6.45. The first-order valence-corrected chi connectivity index (χ1v) is 8.65. The highest BCUT2D eigenvalue weighted by atomic mass is 16.6. The molecule has 0 amide bonds. The van der Waals surface area contributed by atoms with Gasteiger partial charge < -0.3 is 19.8 Å². The Morgan fingerprint density at radius 1 is 1.07 bits per heavy atom. The molecule has 6 heteroatoms. The molecule has 0 aliphatic rings. The average Bonchev–Trinajstić information content (AvgIpc) is 2.60. The van der Waals surface area contributed by atoms with Crippen molar-refractivity contribution in [1.82, 2.24) is 0 Å². The van der Waals surface area contributed by atoms with E-state index in [2.05, 4.69) is 38.1 Å². The van der Waals surface area contributed by atoms with E-state index in [-0.39, 0.29) is 29.9 Å². The molecule has 0 atom stereocenters. The van der Waals surface area contributed by atoms with E-state index in [0.717, 1.165) is 11.3 Å². The summed E-state index contributed by atoms with van der Waals surface area (Å²) >= 11 is 0. The van der Waals surface area contributed by atoms with Crippen LogP contribution in [0.1, 0.15) is 49.2 Å². The lowest BCUT2D eigenvalue weighted by molar-refractivity contribution is 0.0693. The number of carboxylic acids is 1. The van der Waals surface area contributed by atoms with E-state index in [1.807, 2.05) is 19.1 Å². The Hall–Kier alpha value is -3.02. The Labute approximate surface area is 159 Å². The van der Waals surface area contributed by atoms with Crippen molar-refractivity contribution in [3.63, 3.8) is 0 Å². The fourth-order valence-electron chi connectivity index (χ4n) is 2.39. The van der Waals surface area contributed by atoms with E-state index in [0.29, 0.717) is 5.75 Å². The minimum Gasteiger partial charge on any atom is -0.507 e. The third-order valence-electron chi connectivity index (χ3n) is 4.01. The van der Waals surface area contributed by atoms with Crippen molar-refractivity contribution in [1.29, 1.82) is 0 Å². The number of hydrogen-bond donors (Lipinski definition) is 2. The number of phenols is 1. The van der Waals surface area contributed by atoms with Crippen molar-refractivity contribution in [2.75, 3.05) is 13.2 Å². The van der Waals surface area contributed by atoms with Crippen LogP contribution in [-0.2, 0) is 10.3 Å². The topological polar surface area (TPSA) is 88.4 Å². The standard InChI is InChI=1S/C21H25NO5/c1-14(15-5-7-16(8-6-15)21(2,3)4)22-27-12-11-26-17-9-10-18(20(24)25)19(23)13-17/h5-10,13,23H,11-12H2,1-4H3,(H,24,25)/b22-14+. The number of aromatic hydroxyl groups is 1. The molecule has 144 valence electrons. The second-order valence-corrected chi connectivity index (χ2v) is 7.17. The number of benzene rings is 2. The molecule has 2 aromatic carbocycles. The second-order valence-electron chi connectivity index (χ2n) is 7.17. The molecule has 0 saturated heterocycles. The van der Waals surface area contributed by atoms with E-state index in [4.69, 9.17) is 14.7 Å². The minimum absolute atomic E-state index is 0.106. The highest BCUT2D eigenvalue weighted by Gasteiger charge is 2.13. The third-order valence-corrected chi connectivity index (χ3v) is 4.01. The molecule has 0 unspecified atom stereocenters. The number of carbonyl (C=O) groups is 1. The van der Waals surface area contributed by atoms with E-state index >= 15 is 0 Å². The molecule has 2 rings (SSSR count). The fraction of sp³-hybridized carbons (Fsp3) is 0.333. The molecule has 0 aliphatic carbocycles. The molecule has 0 saturated carbocycles. The largest absolute Gasteiger partial charge is 0.507 e. The molecule has 27 heavy (non-hydrogen) atoms. The van der Waals surface area contributed by atoms with Gasteiger partial charge in [0.05, 0.1) is 5.71 Å². The third kappa shape index (κ3) is 5.74. The van der Waals surface area contributed by atoms with Crippen LogP contribution in [0.4, 0.5) is 0 Å². The number of rotatable bonds is 7. The van der Waals surface area contributed by atoms with Crippen LogP contribution in [0.3, 0.4) is 0 Å². The predicted molar refractivity (Wildman–Crippen MR) is 104 cm³/mol. The van der Waals surface area contributed by atoms with Gasteiger partial charge in [0.1, 0.15) is 23.7 Å². The predicted octanol–water partition coefficient (Wildman–Crippen LogP) is 4.21. The highest BCUT2D eigenvalue weighted by molar-refractivity contribution is 5.98. The average molecular weight is 371 g/mol. The molecule has 0 bridgehead atoms. The van der Waals surface area contributed by atoms with Gasteiger partial charge in [-0.25, -0.2) is 4.79 Å². The van der Waals surface area contributed by atoms with Gasteiger partial charge in [-0.1, -0.05) is 50.2 Å². The first-order valence-electron chi connectivity index (χ1n) is 8.65. The molecule has 0 spiro atoms. The molecule has 0 aliphatic heterocycles. The molecular formula is C21H25NO5. The van der Waals surface area contributed by atoms with Crippen LogP contribution in [-0.4, -0.2) is 35.1 Å². The van der Waals surface area contributed by atoms with Gasteiger partial charge in [0.15, 0.2) is 6.61 Å². The zero-order chi connectivity index (χ0) is 20.0. The summed E-state index contributed by atoms with van der Waals surface area (Å²) in [6.45, 7) is 8.81. The van der Waals surface area contributed by atoms with Gasteiger partial charge in [-0.05, 0) is 35.6 Å². The molecule has 2 N–H and O–H groups in total. The molecule has 0 aromatic heterocycles. The number of hydrogen-bond acceptors (Lipinski definition) is 5. The highest BCUT2D eigenvalue weighted by Crippen LogP contribution is 2.24. The van der Waals surface area contributed by atoms with Gasteiger partial charge in [-0.3, -0.25) is 0 Å². The van der Waals surface area contributed by atoms with Crippen molar-refractivity contribution in [3.8, 4) is 11.5 Å². The molecule has 2 aromatic rings. The summed E-state index contributed by atoms with van der Waals surface area (Å²) in [5.74, 6) is -1.17. The van der Waals surface area contributed by atoms with E-state index in [9.17, 15) is 9.90 Å². The van der Waals surface area contributed by atoms with Gasteiger partial charge in [-0.2, -0.15) is 0 Å². The fourth-order valence-corrected chi connectivity index (χ4v) is 2.39. The summed E-state index contributed by atoms with van der Waals surface area (Å²) in [4.78, 5) is 16.1. The smallest absolute Gasteiger partial charge is 0.339 e. The van der Waals surface area contributed by atoms with Crippen molar-refractivity contribution >= 4 is 11.7 Å². The Bertz CT molecular complexity index is 819. The zero-order valence-corrected chi connectivity index (χ0v) is 16.0. The van der Waals surface area contributed by atoms with Gasteiger partial charge in [0.2, 0.25) is 0 Å². The van der Waals surface area contributed by atoms with Crippen molar-refractivity contribution in [2.24, 2.45) is 5.16 Å². The summed E-state index contributed by atoms with van der Waals surface area (Å²) in [5.41, 5.74) is 2.94. The number of oxime groups is 1. The second kappa shape index (κ2) is 8.58. The molecular weight excluding hydrogens is 346 g/mol. The Morgan fingerprint density at radius 3 is 2.30 bits per heavy atom. The summed E-state index contributed by atoms with van der Waals surface area (Å²) < 4.78 is 5.42. The lowest BCUT2D eigenvalue weighted by Crippen LogP contribution is -2.11.